The molecule has 1 aromatic rings. The normalized spacial score (nSPS) is 16.9. The summed E-state index contributed by atoms with van der Waals surface area (Å²) in [5, 5.41) is 0. The van der Waals surface area contributed by atoms with E-state index in [9.17, 15) is 22.8 Å². The molecule has 1 saturated heterocycles. The summed E-state index contributed by atoms with van der Waals surface area (Å²) in [7, 11) is 0. The Balaban J connectivity index is 2.02. The fourth-order valence-electron chi connectivity index (χ4n) is 2.63. The highest BCUT2D eigenvalue weighted by molar-refractivity contribution is 5.94. The van der Waals surface area contributed by atoms with Gasteiger partial charge in [-0.3, -0.25) is 9.59 Å². The standard InChI is InChI=1S/C17H21F3N2O2/c1-3-12(2)15(23)21-7-9-22(10-8-21)16(24)13-5-4-6-14(11-13)17(18,19)20/h4-6,11-12H,3,7-10H2,1-2H3/t12-/m1/s1. The van der Waals surface area contributed by atoms with Gasteiger partial charge in [-0.15, -0.1) is 0 Å². The van der Waals surface area contributed by atoms with Gasteiger partial charge in [0.1, 0.15) is 0 Å². The highest BCUT2D eigenvalue weighted by atomic mass is 19.4. The molecular formula is C17H21F3N2O2. The van der Waals surface area contributed by atoms with Crippen LogP contribution in [0.15, 0.2) is 24.3 Å². The zero-order chi connectivity index (χ0) is 17.9. The summed E-state index contributed by atoms with van der Waals surface area (Å²) in [6.45, 7) is 5.29. The van der Waals surface area contributed by atoms with Crippen LogP contribution in [0.2, 0.25) is 0 Å². The molecule has 1 atom stereocenters. The molecule has 1 aliphatic heterocycles. The van der Waals surface area contributed by atoms with Gasteiger partial charge in [0.05, 0.1) is 5.56 Å². The van der Waals surface area contributed by atoms with Gasteiger partial charge in [-0.1, -0.05) is 19.9 Å². The molecule has 2 amide bonds. The third-order valence-corrected chi connectivity index (χ3v) is 4.35. The molecule has 0 aromatic heterocycles. The minimum absolute atomic E-state index is 0.0199. The van der Waals surface area contributed by atoms with Crippen LogP contribution in [0.4, 0.5) is 13.2 Å². The lowest BCUT2D eigenvalue weighted by atomic mass is 10.1. The molecule has 0 aliphatic carbocycles. The molecule has 132 valence electrons. The first kappa shape index (κ1) is 18.3. The maximum absolute atomic E-state index is 12.8. The Morgan fingerprint density at radius 1 is 1.12 bits per heavy atom. The topological polar surface area (TPSA) is 40.6 Å². The highest BCUT2D eigenvalue weighted by Crippen LogP contribution is 2.29. The van der Waals surface area contributed by atoms with Crippen LogP contribution in [0.3, 0.4) is 0 Å². The largest absolute Gasteiger partial charge is 0.416 e. The summed E-state index contributed by atoms with van der Waals surface area (Å²) in [5.74, 6) is -0.434. The average molecular weight is 342 g/mol. The Hall–Kier alpha value is -2.05. The zero-order valence-electron chi connectivity index (χ0n) is 13.8. The number of carbonyl (C=O) groups is 2. The quantitative estimate of drug-likeness (QED) is 0.847. The SMILES string of the molecule is CC[C@@H](C)C(=O)N1CCN(C(=O)c2cccc(C(F)(F)F)c2)CC1. The van der Waals surface area contributed by atoms with E-state index in [1.807, 2.05) is 13.8 Å². The molecule has 0 spiro atoms. The maximum atomic E-state index is 12.8. The molecule has 1 fully saturated rings. The second kappa shape index (κ2) is 7.23. The summed E-state index contributed by atoms with van der Waals surface area (Å²) >= 11 is 0. The van der Waals surface area contributed by atoms with Gasteiger partial charge in [-0.25, -0.2) is 0 Å². The molecular weight excluding hydrogens is 321 g/mol. The van der Waals surface area contributed by atoms with E-state index in [2.05, 4.69) is 0 Å². The summed E-state index contributed by atoms with van der Waals surface area (Å²) in [6.07, 6.45) is -3.72. The number of piperazine rings is 1. The molecule has 24 heavy (non-hydrogen) atoms. The number of benzene rings is 1. The average Bonchev–Trinajstić information content (AvgIpc) is 2.59. The number of carbonyl (C=O) groups excluding carboxylic acids is 2. The summed E-state index contributed by atoms with van der Waals surface area (Å²) < 4.78 is 38.3. The van der Waals surface area contributed by atoms with Crippen LogP contribution >= 0.6 is 0 Å². The Morgan fingerprint density at radius 2 is 1.71 bits per heavy atom. The first-order valence-electron chi connectivity index (χ1n) is 7.99. The van der Waals surface area contributed by atoms with Gasteiger partial charge in [0.2, 0.25) is 5.91 Å². The molecule has 2 rings (SSSR count). The Morgan fingerprint density at radius 3 is 2.25 bits per heavy atom. The van der Waals surface area contributed by atoms with Crippen LogP contribution in [0.1, 0.15) is 36.2 Å². The van der Waals surface area contributed by atoms with Crippen LogP contribution in [-0.2, 0) is 11.0 Å². The first-order chi connectivity index (χ1) is 11.2. The molecule has 1 aliphatic rings. The molecule has 1 aromatic carbocycles. The number of halogens is 3. The molecule has 7 heteroatoms. The van der Waals surface area contributed by atoms with E-state index in [0.717, 1.165) is 18.6 Å². The summed E-state index contributed by atoms with van der Waals surface area (Å²) in [4.78, 5) is 27.7. The number of hydrogen-bond acceptors (Lipinski definition) is 2. The van der Waals surface area contributed by atoms with Gasteiger partial charge < -0.3 is 9.80 Å². The lowest BCUT2D eigenvalue weighted by Crippen LogP contribution is -2.51. The maximum Gasteiger partial charge on any atom is 0.416 e. The third-order valence-electron chi connectivity index (χ3n) is 4.35. The number of nitrogens with zero attached hydrogens (tertiary/aromatic N) is 2. The van der Waals surface area contributed by atoms with Gasteiger partial charge in [0.25, 0.3) is 5.91 Å². The number of hydrogen-bond donors (Lipinski definition) is 0. The molecule has 4 nitrogen and oxygen atoms in total. The van der Waals surface area contributed by atoms with Crippen LogP contribution in [0.5, 0.6) is 0 Å². The monoisotopic (exact) mass is 342 g/mol. The molecule has 0 radical (unpaired) electrons. The van der Waals surface area contributed by atoms with E-state index >= 15 is 0 Å². The van der Waals surface area contributed by atoms with E-state index in [4.69, 9.17) is 0 Å². The number of amides is 2. The van der Waals surface area contributed by atoms with E-state index in [1.54, 1.807) is 4.90 Å². The van der Waals surface area contributed by atoms with Gasteiger partial charge in [-0.2, -0.15) is 13.2 Å². The van der Waals surface area contributed by atoms with Gasteiger partial charge in [0.15, 0.2) is 0 Å². The lowest BCUT2D eigenvalue weighted by Gasteiger charge is -2.36. The number of rotatable bonds is 3. The second-order valence-electron chi connectivity index (χ2n) is 6.01. The minimum Gasteiger partial charge on any atom is -0.339 e. The van der Waals surface area contributed by atoms with E-state index < -0.39 is 17.6 Å². The molecule has 0 N–H and O–H groups in total. The van der Waals surface area contributed by atoms with Crippen molar-refractivity contribution in [1.82, 2.24) is 9.80 Å². The fraction of sp³-hybridized carbons (Fsp3) is 0.529. The summed E-state index contributed by atoms with van der Waals surface area (Å²) in [6, 6.07) is 4.44. The van der Waals surface area contributed by atoms with Crippen molar-refractivity contribution in [3.05, 3.63) is 35.4 Å². The van der Waals surface area contributed by atoms with Crippen molar-refractivity contribution in [1.29, 1.82) is 0 Å². The van der Waals surface area contributed by atoms with Crippen molar-refractivity contribution in [2.75, 3.05) is 26.2 Å². The van der Waals surface area contributed by atoms with Gasteiger partial charge in [0, 0.05) is 37.7 Å². The van der Waals surface area contributed by atoms with Crippen molar-refractivity contribution in [2.45, 2.75) is 26.4 Å². The van der Waals surface area contributed by atoms with E-state index in [-0.39, 0.29) is 17.4 Å². The fourth-order valence-corrected chi connectivity index (χ4v) is 2.63. The third kappa shape index (κ3) is 4.07. The van der Waals surface area contributed by atoms with Crippen molar-refractivity contribution < 1.29 is 22.8 Å². The lowest BCUT2D eigenvalue weighted by molar-refractivity contribution is -0.138. The first-order valence-corrected chi connectivity index (χ1v) is 7.99. The zero-order valence-corrected chi connectivity index (χ0v) is 13.8. The summed E-state index contributed by atoms with van der Waals surface area (Å²) in [5.41, 5.74) is -0.814. The Kier molecular flexibility index (Phi) is 5.51. The molecule has 1 heterocycles. The van der Waals surface area contributed by atoms with Gasteiger partial charge in [-0.05, 0) is 24.6 Å². The van der Waals surface area contributed by atoms with Crippen LogP contribution in [0, 0.1) is 5.92 Å². The predicted octanol–water partition coefficient (Wildman–Crippen LogP) is 3.04. The van der Waals surface area contributed by atoms with Crippen LogP contribution in [0.25, 0.3) is 0 Å². The molecule has 0 saturated carbocycles. The Bertz CT molecular complexity index is 608. The molecule has 0 bridgehead atoms. The number of alkyl halides is 3. The smallest absolute Gasteiger partial charge is 0.339 e. The van der Waals surface area contributed by atoms with Crippen LogP contribution < -0.4 is 0 Å². The van der Waals surface area contributed by atoms with Crippen molar-refractivity contribution >= 4 is 11.8 Å². The predicted molar refractivity (Wildman–Crippen MR) is 83.4 cm³/mol. The van der Waals surface area contributed by atoms with Crippen molar-refractivity contribution in [3.63, 3.8) is 0 Å². The van der Waals surface area contributed by atoms with Crippen molar-refractivity contribution in [3.8, 4) is 0 Å². The van der Waals surface area contributed by atoms with Crippen molar-refractivity contribution in [2.24, 2.45) is 5.92 Å². The highest BCUT2D eigenvalue weighted by Gasteiger charge is 2.32. The van der Waals surface area contributed by atoms with E-state index in [0.29, 0.717) is 26.2 Å². The minimum atomic E-state index is -4.47. The Labute approximate surface area is 139 Å². The second-order valence-corrected chi connectivity index (χ2v) is 6.01. The van der Waals surface area contributed by atoms with Crippen LogP contribution in [-0.4, -0.2) is 47.8 Å². The van der Waals surface area contributed by atoms with Gasteiger partial charge >= 0.3 is 6.18 Å². The molecule has 0 unspecified atom stereocenters. The van der Waals surface area contributed by atoms with E-state index in [1.165, 1.54) is 17.0 Å².